The van der Waals surface area contributed by atoms with Gasteiger partial charge in [0, 0.05) is 25.2 Å². The van der Waals surface area contributed by atoms with Gasteiger partial charge >= 0.3 is 6.03 Å². The van der Waals surface area contributed by atoms with Gasteiger partial charge in [-0.3, -0.25) is 14.5 Å². The molecule has 1 N–H and O–H groups in total. The zero-order chi connectivity index (χ0) is 15.2. The Morgan fingerprint density at radius 2 is 2.38 bits per heavy atom. The van der Waals surface area contributed by atoms with Crippen LogP contribution in [0.25, 0.3) is 0 Å². The normalized spacial score (nSPS) is 14.4. The van der Waals surface area contributed by atoms with Crippen LogP contribution in [-0.2, 0) is 20.9 Å². The predicted molar refractivity (Wildman–Crippen MR) is 74.5 cm³/mol. The largest absolute Gasteiger partial charge is 0.383 e. The number of thiazole rings is 1. The summed E-state index contributed by atoms with van der Waals surface area (Å²) in [6.45, 7) is 0.760. The van der Waals surface area contributed by atoms with Gasteiger partial charge in [0.25, 0.3) is 5.91 Å². The van der Waals surface area contributed by atoms with Gasteiger partial charge in [0.2, 0.25) is 5.91 Å². The molecule has 0 aliphatic carbocycles. The van der Waals surface area contributed by atoms with E-state index in [0.717, 1.165) is 9.91 Å². The minimum atomic E-state index is -0.533. The molecule has 1 aromatic rings. The van der Waals surface area contributed by atoms with Crippen LogP contribution in [0.2, 0.25) is 0 Å². The summed E-state index contributed by atoms with van der Waals surface area (Å²) in [4.78, 5) is 41.9. The third kappa shape index (κ3) is 3.99. The van der Waals surface area contributed by atoms with Gasteiger partial charge in [-0.2, -0.15) is 0 Å². The summed E-state index contributed by atoms with van der Waals surface area (Å²) < 4.78 is 4.98. The number of aromatic nitrogens is 1. The molecule has 21 heavy (non-hydrogen) atoms. The molecule has 1 aromatic heterocycles. The highest BCUT2D eigenvalue weighted by molar-refractivity contribution is 7.09. The van der Waals surface area contributed by atoms with Gasteiger partial charge in [0.05, 0.1) is 19.7 Å². The third-order valence-electron chi connectivity index (χ3n) is 2.96. The van der Waals surface area contributed by atoms with Gasteiger partial charge in [0.1, 0.15) is 11.6 Å². The second-order valence-electron chi connectivity index (χ2n) is 4.37. The summed E-state index contributed by atoms with van der Waals surface area (Å²) in [5, 5.41) is 5.00. The van der Waals surface area contributed by atoms with E-state index >= 15 is 0 Å². The first-order chi connectivity index (χ1) is 10.1. The second kappa shape index (κ2) is 7.14. The fraction of sp³-hybridized carbons (Fsp3) is 0.500. The van der Waals surface area contributed by atoms with E-state index in [0.29, 0.717) is 19.7 Å². The number of carbonyl (C=O) groups is 3. The molecule has 0 spiro atoms. The molecule has 0 unspecified atom stereocenters. The lowest BCUT2D eigenvalue weighted by Crippen LogP contribution is -2.43. The first-order valence-corrected chi connectivity index (χ1v) is 7.23. The third-order valence-corrected chi connectivity index (χ3v) is 3.72. The number of rotatable bonds is 7. The Labute approximate surface area is 125 Å². The average molecular weight is 312 g/mol. The predicted octanol–water partition coefficient (Wildman–Crippen LogP) is -0.330. The van der Waals surface area contributed by atoms with Crippen LogP contribution >= 0.6 is 11.3 Å². The van der Waals surface area contributed by atoms with Gasteiger partial charge < -0.3 is 15.0 Å². The van der Waals surface area contributed by atoms with Crippen LogP contribution in [0, 0.1) is 0 Å². The van der Waals surface area contributed by atoms with Crippen LogP contribution in [0.5, 0.6) is 0 Å². The van der Waals surface area contributed by atoms with Crippen molar-refractivity contribution in [3.8, 4) is 0 Å². The van der Waals surface area contributed by atoms with E-state index in [2.05, 4.69) is 10.3 Å². The van der Waals surface area contributed by atoms with Crippen LogP contribution in [0.1, 0.15) is 5.01 Å². The van der Waals surface area contributed by atoms with Crippen molar-refractivity contribution in [1.29, 1.82) is 0 Å². The maximum absolute atomic E-state index is 12.3. The molecule has 1 aliphatic rings. The number of nitrogens with one attached hydrogen (secondary N) is 1. The van der Waals surface area contributed by atoms with E-state index < -0.39 is 11.9 Å². The highest BCUT2D eigenvalue weighted by Crippen LogP contribution is 2.09. The molecule has 1 aliphatic heterocycles. The number of hydrogen-bond donors (Lipinski definition) is 1. The lowest BCUT2D eigenvalue weighted by Gasteiger charge is -2.23. The quantitative estimate of drug-likeness (QED) is 0.696. The first kappa shape index (κ1) is 15.4. The first-order valence-electron chi connectivity index (χ1n) is 6.35. The zero-order valence-electron chi connectivity index (χ0n) is 11.6. The van der Waals surface area contributed by atoms with Crippen molar-refractivity contribution < 1.29 is 19.1 Å². The molecule has 1 saturated heterocycles. The Balaban J connectivity index is 1.99. The molecule has 0 aromatic carbocycles. The second-order valence-corrected chi connectivity index (χ2v) is 5.35. The van der Waals surface area contributed by atoms with Gasteiger partial charge in [-0.05, 0) is 0 Å². The lowest BCUT2D eigenvalue weighted by atomic mass is 10.4. The van der Waals surface area contributed by atoms with Gasteiger partial charge in [-0.15, -0.1) is 11.3 Å². The molecule has 2 heterocycles. The van der Waals surface area contributed by atoms with Crippen molar-refractivity contribution in [2.45, 2.75) is 6.54 Å². The molecule has 0 saturated carbocycles. The Kier molecular flexibility index (Phi) is 5.23. The number of methoxy groups -OCH3 is 1. The summed E-state index contributed by atoms with van der Waals surface area (Å²) in [5.41, 5.74) is 0. The summed E-state index contributed by atoms with van der Waals surface area (Å²) in [6, 6.07) is -0.533. The van der Waals surface area contributed by atoms with Crippen molar-refractivity contribution >= 4 is 29.2 Å². The Morgan fingerprint density at radius 3 is 2.95 bits per heavy atom. The number of imide groups is 1. The molecule has 9 heteroatoms. The molecule has 8 nitrogen and oxygen atoms in total. The molecule has 0 bridgehead atoms. The number of ether oxygens (including phenoxy) is 1. The van der Waals surface area contributed by atoms with Crippen LogP contribution in [0.3, 0.4) is 0 Å². The fourth-order valence-corrected chi connectivity index (χ4v) is 2.47. The van der Waals surface area contributed by atoms with Crippen LogP contribution in [-0.4, -0.2) is 66.0 Å². The van der Waals surface area contributed by atoms with Crippen molar-refractivity contribution in [1.82, 2.24) is 20.1 Å². The van der Waals surface area contributed by atoms with E-state index in [4.69, 9.17) is 4.74 Å². The number of hydrogen-bond acceptors (Lipinski definition) is 6. The summed E-state index contributed by atoms with van der Waals surface area (Å²) in [6.07, 6.45) is 1.66. The fourth-order valence-electron chi connectivity index (χ4n) is 1.84. The van der Waals surface area contributed by atoms with Crippen molar-refractivity contribution in [2.75, 3.05) is 33.4 Å². The van der Waals surface area contributed by atoms with E-state index in [1.165, 1.54) is 16.2 Å². The van der Waals surface area contributed by atoms with E-state index in [1.807, 2.05) is 5.38 Å². The number of nitrogens with zero attached hydrogens (tertiary/aromatic N) is 3. The number of urea groups is 1. The average Bonchev–Trinajstić information content (AvgIpc) is 3.08. The number of amides is 4. The Morgan fingerprint density at radius 1 is 1.57 bits per heavy atom. The molecular weight excluding hydrogens is 296 g/mol. The topological polar surface area (TPSA) is 91.8 Å². The van der Waals surface area contributed by atoms with Crippen molar-refractivity contribution in [2.24, 2.45) is 0 Å². The van der Waals surface area contributed by atoms with Gasteiger partial charge in [0.15, 0.2) is 0 Å². The molecule has 0 atom stereocenters. The Bertz CT molecular complexity index is 503. The summed E-state index contributed by atoms with van der Waals surface area (Å²) >= 11 is 1.44. The highest BCUT2D eigenvalue weighted by Gasteiger charge is 2.31. The molecule has 4 amide bonds. The van der Waals surface area contributed by atoms with Gasteiger partial charge in [-0.1, -0.05) is 0 Å². The summed E-state index contributed by atoms with van der Waals surface area (Å²) in [5.74, 6) is -0.707. The minimum Gasteiger partial charge on any atom is -0.383 e. The molecule has 114 valence electrons. The van der Waals surface area contributed by atoms with Crippen LogP contribution in [0.15, 0.2) is 11.6 Å². The van der Waals surface area contributed by atoms with E-state index in [-0.39, 0.29) is 19.0 Å². The van der Waals surface area contributed by atoms with Crippen molar-refractivity contribution in [3.63, 3.8) is 0 Å². The van der Waals surface area contributed by atoms with Gasteiger partial charge in [-0.25, -0.2) is 9.78 Å². The monoisotopic (exact) mass is 312 g/mol. The molecule has 2 rings (SSSR count). The maximum atomic E-state index is 12.3. The molecule has 0 radical (unpaired) electrons. The number of carbonyl (C=O) groups excluding carboxylic acids is 3. The van der Waals surface area contributed by atoms with E-state index in [9.17, 15) is 14.4 Å². The lowest BCUT2D eigenvalue weighted by molar-refractivity contribution is -0.137. The van der Waals surface area contributed by atoms with Crippen LogP contribution in [0.4, 0.5) is 4.79 Å². The van der Waals surface area contributed by atoms with Crippen LogP contribution < -0.4 is 5.32 Å². The standard InChI is InChI=1S/C12H16N4O4S/c1-20-4-3-15(7-9-13-2-5-21-9)11(18)8-16-10(17)6-14-12(16)19/h2,5H,3-4,6-8H2,1H3,(H,14,19). The smallest absolute Gasteiger partial charge is 0.325 e. The van der Waals surface area contributed by atoms with Crippen molar-refractivity contribution in [3.05, 3.63) is 16.6 Å². The minimum absolute atomic E-state index is 0.0589. The van der Waals surface area contributed by atoms with E-state index in [1.54, 1.807) is 13.3 Å². The molecule has 1 fully saturated rings. The molecular formula is C12H16N4O4S. The summed E-state index contributed by atoms with van der Waals surface area (Å²) in [7, 11) is 1.55. The Hall–Kier alpha value is -2.00. The maximum Gasteiger partial charge on any atom is 0.325 e. The highest BCUT2D eigenvalue weighted by atomic mass is 32.1. The SMILES string of the molecule is COCCN(Cc1nccs1)C(=O)CN1C(=O)CNC1=O. The zero-order valence-corrected chi connectivity index (χ0v) is 12.4.